The number of esters is 1. The number of hydrogen-bond donors (Lipinski definition) is 4. The Kier molecular flexibility index (Phi) is 16.3. The summed E-state index contributed by atoms with van der Waals surface area (Å²) < 4.78 is 26.5. The molecule has 0 radical (unpaired) electrons. The number of rotatable bonds is 20. The Bertz CT molecular complexity index is 1330. The second kappa shape index (κ2) is 20.2. The van der Waals surface area contributed by atoms with Gasteiger partial charge in [0, 0.05) is 19.4 Å². The molecule has 0 aromatic heterocycles. The summed E-state index contributed by atoms with van der Waals surface area (Å²) in [6.45, 7) is 0.352. The van der Waals surface area contributed by atoms with Crippen LogP contribution in [0.5, 0.6) is 23.0 Å². The Hall–Kier alpha value is -4.94. The highest BCUT2D eigenvalue weighted by molar-refractivity contribution is 5.93. The van der Waals surface area contributed by atoms with Gasteiger partial charge in [-0.2, -0.15) is 0 Å². The van der Waals surface area contributed by atoms with Gasteiger partial charge < -0.3 is 45.8 Å². The molecule has 2 aromatic rings. The maximum atomic E-state index is 12.7. The monoisotopic (exact) mass is 641 g/mol. The van der Waals surface area contributed by atoms with Crippen LogP contribution in [0.2, 0.25) is 0 Å². The lowest BCUT2D eigenvalue weighted by molar-refractivity contribution is -0.145. The SMILES string of the molecule is COC(=O)[C@H](CCCN=C(N)N)NC(=O)CCCCCCC(=O)Nc1cc(/C=C\c2cc(OC)c(OC)c(OC)c2)ccc1OC. The van der Waals surface area contributed by atoms with Gasteiger partial charge in [-0.3, -0.25) is 14.6 Å². The van der Waals surface area contributed by atoms with Crippen molar-refractivity contribution in [1.82, 2.24) is 5.32 Å². The number of benzene rings is 2. The zero-order chi connectivity index (χ0) is 33.9. The van der Waals surface area contributed by atoms with Gasteiger partial charge in [0.25, 0.3) is 0 Å². The van der Waals surface area contributed by atoms with Crippen LogP contribution in [0.3, 0.4) is 0 Å². The number of nitrogens with two attached hydrogens (primary N) is 2. The number of nitrogens with zero attached hydrogens (tertiary/aromatic N) is 1. The summed E-state index contributed by atoms with van der Waals surface area (Å²) in [5, 5.41) is 5.66. The first kappa shape index (κ1) is 37.2. The van der Waals surface area contributed by atoms with E-state index in [1.165, 1.54) is 7.11 Å². The predicted molar refractivity (Wildman–Crippen MR) is 178 cm³/mol. The van der Waals surface area contributed by atoms with Crippen LogP contribution in [-0.4, -0.2) is 71.9 Å². The van der Waals surface area contributed by atoms with E-state index in [-0.39, 0.29) is 24.2 Å². The summed E-state index contributed by atoms with van der Waals surface area (Å²) in [5.74, 6) is 1.25. The molecule has 0 bridgehead atoms. The fraction of sp³-hybridized carbons (Fsp3) is 0.455. The molecular formula is C33H47N5O8. The summed E-state index contributed by atoms with van der Waals surface area (Å²) in [7, 11) is 7.50. The number of carbonyl (C=O) groups is 3. The van der Waals surface area contributed by atoms with Crippen molar-refractivity contribution in [2.45, 2.75) is 57.4 Å². The Balaban J connectivity index is 1.84. The predicted octanol–water partition coefficient (Wildman–Crippen LogP) is 3.88. The van der Waals surface area contributed by atoms with Crippen molar-refractivity contribution in [1.29, 1.82) is 0 Å². The minimum atomic E-state index is -0.754. The minimum absolute atomic E-state index is 0.0250. The lowest BCUT2D eigenvalue weighted by Gasteiger charge is -2.16. The molecule has 46 heavy (non-hydrogen) atoms. The molecule has 2 amide bonds. The van der Waals surface area contributed by atoms with Crippen molar-refractivity contribution in [2.75, 3.05) is 47.4 Å². The number of amides is 2. The van der Waals surface area contributed by atoms with Crippen molar-refractivity contribution in [3.05, 3.63) is 41.5 Å². The third-order valence-electron chi connectivity index (χ3n) is 6.98. The van der Waals surface area contributed by atoms with Gasteiger partial charge in [0.1, 0.15) is 11.8 Å². The van der Waals surface area contributed by atoms with Crippen LogP contribution >= 0.6 is 0 Å². The number of nitrogens with one attached hydrogen (secondary N) is 2. The molecule has 2 rings (SSSR count). The Labute approximate surface area is 270 Å². The van der Waals surface area contributed by atoms with Gasteiger partial charge in [0.05, 0.1) is 41.2 Å². The van der Waals surface area contributed by atoms with Crippen LogP contribution in [0.4, 0.5) is 5.69 Å². The lowest BCUT2D eigenvalue weighted by atomic mass is 10.1. The average molecular weight is 642 g/mol. The molecule has 0 saturated heterocycles. The third-order valence-corrected chi connectivity index (χ3v) is 6.98. The topological polar surface area (TPSA) is 186 Å². The molecule has 0 saturated carbocycles. The number of anilines is 1. The van der Waals surface area contributed by atoms with E-state index >= 15 is 0 Å². The van der Waals surface area contributed by atoms with Gasteiger partial charge in [-0.15, -0.1) is 0 Å². The number of methoxy groups -OCH3 is 5. The van der Waals surface area contributed by atoms with E-state index in [1.807, 2.05) is 36.4 Å². The largest absolute Gasteiger partial charge is 0.495 e. The third kappa shape index (κ3) is 12.6. The molecule has 13 heteroatoms. The van der Waals surface area contributed by atoms with Gasteiger partial charge >= 0.3 is 5.97 Å². The Morgan fingerprint density at radius 2 is 1.37 bits per heavy atom. The Morgan fingerprint density at radius 3 is 1.93 bits per heavy atom. The molecule has 0 aliphatic rings. The molecule has 13 nitrogen and oxygen atoms in total. The fourth-order valence-corrected chi connectivity index (χ4v) is 4.62. The maximum absolute atomic E-state index is 12.7. The summed E-state index contributed by atoms with van der Waals surface area (Å²) in [4.78, 5) is 41.0. The van der Waals surface area contributed by atoms with Gasteiger partial charge in [-0.1, -0.05) is 31.1 Å². The van der Waals surface area contributed by atoms with E-state index in [2.05, 4.69) is 15.6 Å². The molecule has 0 spiro atoms. The van der Waals surface area contributed by atoms with Crippen LogP contribution in [-0.2, 0) is 19.1 Å². The van der Waals surface area contributed by atoms with Crippen LogP contribution < -0.4 is 41.0 Å². The van der Waals surface area contributed by atoms with Crippen LogP contribution in [0, 0.1) is 0 Å². The summed E-state index contributed by atoms with van der Waals surface area (Å²) in [5.41, 5.74) is 12.9. The highest BCUT2D eigenvalue weighted by Gasteiger charge is 2.21. The molecule has 2 aromatic carbocycles. The van der Waals surface area contributed by atoms with Gasteiger partial charge in [0.15, 0.2) is 17.5 Å². The molecule has 0 aliphatic heterocycles. The van der Waals surface area contributed by atoms with Crippen molar-refractivity contribution in [3.8, 4) is 23.0 Å². The molecule has 1 atom stereocenters. The smallest absolute Gasteiger partial charge is 0.328 e. The van der Waals surface area contributed by atoms with Crippen molar-refractivity contribution in [2.24, 2.45) is 16.5 Å². The van der Waals surface area contributed by atoms with Crippen molar-refractivity contribution in [3.63, 3.8) is 0 Å². The zero-order valence-electron chi connectivity index (χ0n) is 27.4. The van der Waals surface area contributed by atoms with Crippen LogP contribution in [0.15, 0.2) is 35.3 Å². The standard InChI is InChI=1S/C33H47N5O8/c1-42-26-17-16-22(14-15-23-20-27(43-2)31(45-4)28(21-23)44-3)19-25(26)38-30(40)13-9-7-6-8-12-29(39)37-24(32(41)46-5)11-10-18-36-33(34)35/h14-17,19-21,24H,6-13,18H2,1-5H3,(H,37,39)(H,38,40)(H4,34,35,36)/b15-14-/t24-/m0/s1. The van der Waals surface area contributed by atoms with Crippen molar-refractivity contribution < 1.29 is 38.1 Å². The normalized spacial score (nSPS) is 11.3. The number of ether oxygens (including phenoxy) is 5. The van der Waals surface area contributed by atoms with Crippen LogP contribution in [0.25, 0.3) is 12.2 Å². The number of hydrogen-bond acceptors (Lipinski definition) is 9. The van der Waals surface area contributed by atoms with Gasteiger partial charge in [-0.25, -0.2) is 4.79 Å². The molecular weight excluding hydrogens is 594 g/mol. The van der Waals surface area contributed by atoms with E-state index in [1.54, 1.807) is 34.5 Å². The first-order valence-corrected chi connectivity index (χ1v) is 15.0. The number of carbonyl (C=O) groups excluding carboxylic acids is 3. The van der Waals surface area contributed by atoms with Gasteiger partial charge in [-0.05, 0) is 61.1 Å². The first-order valence-electron chi connectivity index (χ1n) is 15.0. The highest BCUT2D eigenvalue weighted by Crippen LogP contribution is 2.38. The molecule has 0 fully saturated rings. The molecule has 0 unspecified atom stereocenters. The maximum Gasteiger partial charge on any atom is 0.328 e. The van der Waals surface area contributed by atoms with E-state index in [0.29, 0.717) is 67.3 Å². The van der Waals surface area contributed by atoms with E-state index in [9.17, 15) is 14.4 Å². The quantitative estimate of drug-likeness (QED) is 0.0544. The second-order valence-electron chi connectivity index (χ2n) is 10.3. The van der Waals surface area contributed by atoms with Crippen molar-refractivity contribution >= 4 is 41.6 Å². The molecule has 6 N–H and O–H groups in total. The Morgan fingerprint density at radius 1 is 0.761 bits per heavy atom. The van der Waals surface area contributed by atoms with Crippen LogP contribution in [0.1, 0.15) is 62.5 Å². The number of guanidine groups is 1. The first-order chi connectivity index (χ1) is 22.1. The average Bonchev–Trinajstić information content (AvgIpc) is 3.05. The zero-order valence-corrected chi connectivity index (χ0v) is 27.4. The van der Waals surface area contributed by atoms with E-state index in [4.69, 9.17) is 35.2 Å². The molecule has 0 heterocycles. The summed E-state index contributed by atoms with van der Waals surface area (Å²) in [6.07, 6.45) is 8.10. The van der Waals surface area contributed by atoms with E-state index in [0.717, 1.165) is 24.0 Å². The summed E-state index contributed by atoms with van der Waals surface area (Å²) >= 11 is 0. The highest BCUT2D eigenvalue weighted by atomic mass is 16.5. The molecule has 252 valence electrons. The minimum Gasteiger partial charge on any atom is -0.495 e. The summed E-state index contributed by atoms with van der Waals surface area (Å²) in [6, 6.07) is 8.45. The second-order valence-corrected chi connectivity index (χ2v) is 10.3. The number of unbranched alkanes of at least 4 members (excludes halogenated alkanes) is 3. The fourth-order valence-electron chi connectivity index (χ4n) is 4.62. The van der Waals surface area contributed by atoms with E-state index < -0.39 is 12.0 Å². The lowest BCUT2D eigenvalue weighted by Crippen LogP contribution is -2.41. The number of aliphatic imine (C=N–C) groups is 1. The molecule has 0 aliphatic carbocycles. The van der Waals surface area contributed by atoms with Gasteiger partial charge in [0.2, 0.25) is 17.6 Å².